The number of alkyl halides is 1. The zero-order valence-corrected chi connectivity index (χ0v) is 10.8. The van der Waals surface area contributed by atoms with Gasteiger partial charge in [-0.3, -0.25) is 0 Å². The Morgan fingerprint density at radius 3 is 2.54 bits per heavy atom. The number of halogens is 1. The summed E-state index contributed by atoms with van der Waals surface area (Å²) in [6, 6.07) is 0. The van der Waals surface area contributed by atoms with Gasteiger partial charge in [-0.1, -0.05) is 22.6 Å². The Morgan fingerprint density at radius 2 is 2.08 bits per heavy atom. The third-order valence-electron chi connectivity index (χ3n) is 2.57. The first kappa shape index (κ1) is 11.7. The molecule has 0 heterocycles. The van der Waals surface area contributed by atoms with Crippen molar-refractivity contribution in [2.24, 2.45) is 0 Å². The summed E-state index contributed by atoms with van der Waals surface area (Å²) in [7, 11) is 1.74. The Kier molecular flexibility index (Phi) is 4.45. The van der Waals surface area contributed by atoms with Crippen LogP contribution in [-0.2, 0) is 9.47 Å². The summed E-state index contributed by atoms with van der Waals surface area (Å²) >= 11 is 2.49. The van der Waals surface area contributed by atoms with Crippen LogP contribution in [0, 0.1) is 0 Å². The minimum absolute atomic E-state index is 0.140. The molecule has 1 aliphatic carbocycles. The third kappa shape index (κ3) is 3.72. The van der Waals surface area contributed by atoms with E-state index >= 15 is 0 Å². The third-order valence-corrected chi connectivity index (χ3v) is 3.99. The van der Waals surface area contributed by atoms with Crippen molar-refractivity contribution in [2.75, 3.05) is 13.7 Å². The van der Waals surface area contributed by atoms with Crippen LogP contribution in [0.5, 0.6) is 0 Å². The van der Waals surface area contributed by atoms with Gasteiger partial charge in [0.05, 0.1) is 18.3 Å². The van der Waals surface area contributed by atoms with Crippen LogP contribution in [0.15, 0.2) is 0 Å². The molecule has 1 aliphatic rings. The van der Waals surface area contributed by atoms with Gasteiger partial charge in [0.2, 0.25) is 0 Å². The minimum atomic E-state index is -0.140. The van der Waals surface area contributed by atoms with Gasteiger partial charge in [-0.25, -0.2) is 0 Å². The molecule has 0 amide bonds. The van der Waals surface area contributed by atoms with E-state index in [-0.39, 0.29) is 5.60 Å². The van der Waals surface area contributed by atoms with E-state index in [1.807, 2.05) is 0 Å². The van der Waals surface area contributed by atoms with Gasteiger partial charge in [0.25, 0.3) is 0 Å². The van der Waals surface area contributed by atoms with Crippen molar-refractivity contribution in [1.82, 2.24) is 0 Å². The second-order valence-corrected chi connectivity index (χ2v) is 5.86. The van der Waals surface area contributed by atoms with Crippen LogP contribution in [0.4, 0.5) is 0 Å². The standard InChI is InChI=1S/C10H19IO2/c1-10(2,12-3)7-13-9-6-4-5-8(9)11/h8-9H,4-7H2,1-3H3. The van der Waals surface area contributed by atoms with Gasteiger partial charge in [0.15, 0.2) is 0 Å². The Balaban J connectivity index is 2.25. The van der Waals surface area contributed by atoms with Gasteiger partial charge in [0, 0.05) is 11.0 Å². The molecule has 0 spiro atoms. The molecule has 78 valence electrons. The largest absolute Gasteiger partial charge is 0.376 e. The van der Waals surface area contributed by atoms with Crippen molar-refractivity contribution < 1.29 is 9.47 Å². The molecule has 1 saturated carbocycles. The van der Waals surface area contributed by atoms with E-state index in [0.29, 0.717) is 16.6 Å². The molecule has 2 atom stereocenters. The van der Waals surface area contributed by atoms with Gasteiger partial charge < -0.3 is 9.47 Å². The zero-order chi connectivity index (χ0) is 9.90. The fourth-order valence-corrected chi connectivity index (χ4v) is 2.44. The van der Waals surface area contributed by atoms with Crippen LogP contribution in [-0.4, -0.2) is 29.3 Å². The number of hydrogen-bond donors (Lipinski definition) is 0. The maximum atomic E-state index is 5.84. The first-order chi connectivity index (χ1) is 6.05. The fraction of sp³-hybridized carbons (Fsp3) is 1.00. The van der Waals surface area contributed by atoms with Crippen molar-refractivity contribution >= 4 is 22.6 Å². The van der Waals surface area contributed by atoms with Gasteiger partial charge >= 0.3 is 0 Å². The summed E-state index contributed by atoms with van der Waals surface area (Å²) in [6.07, 6.45) is 4.28. The van der Waals surface area contributed by atoms with Crippen molar-refractivity contribution in [3.05, 3.63) is 0 Å². The Hall–Kier alpha value is 0.650. The van der Waals surface area contributed by atoms with Gasteiger partial charge in [-0.2, -0.15) is 0 Å². The first-order valence-corrected chi connectivity index (χ1v) is 6.10. The number of methoxy groups -OCH3 is 1. The molecule has 2 nitrogen and oxygen atoms in total. The average Bonchev–Trinajstić information content (AvgIpc) is 2.48. The molecule has 0 saturated heterocycles. The first-order valence-electron chi connectivity index (χ1n) is 4.86. The predicted molar refractivity (Wildman–Crippen MR) is 62.5 cm³/mol. The number of ether oxygens (including phenoxy) is 2. The molecule has 3 heteroatoms. The van der Waals surface area contributed by atoms with Crippen molar-refractivity contribution in [3.8, 4) is 0 Å². The number of hydrogen-bond acceptors (Lipinski definition) is 2. The SMILES string of the molecule is COC(C)(C)COC1CCCC1I. The lowest BCUT2D eigenvalue weighted by Gasteiger charge is -2.25. The Bertz CT molecular complexity index is 159. The lowest BCUT2D eigenvalue weighted by atomic mass is 10.1. The highest BCUT2D eigenvalue weighted by atomic mass is 127. The average molecular weight is 298 g/mol. The molecule has 2 unspecified atom stereocenters. The van der Waals surface area contributed by atoms with Gasteiger partial charge in [-0.05, 0) is 33.1 Å². The van der Waals surface area contributed by atoms with E-state index < -0.39 is 0 Å². The smallest absolute Gasteiger partial charge is 0.0855 e. The van der Waals surface area contributed by atoms with E-state index in [2.05, 4.69) is 36.4 Å². The van der Waals surface area contributed by atoms with Crippen molar-refractivity contribution in [1.29, 1.82) is 0 Å². The van der Waals surface area contributed by atoms with E-state index in [1.54, 1.807) is 7.11 Å². The quantitative estimate of drug-likeness (QED) is 0.587. The maximum absolute atomic E-state index is 5.84. The Labute approximate surface area is 94.5 Å². The normalized spacial score (nSPS) is 29.5. The molecule has 1 rings (SSSR count). The second kappa shape index (κ2) is 4.94. The van der Waals surface area contributed by atoms with E-state index in [0.717, 1.165) is 0 Å². The predicted octanol–water partition coefficient (Wildman–Crippen LogP) is 2.78. The van der Waals surface area contributed by atoms with Crippen LogP contribution in [0.2, 0.25) is 0 Å². The van der Waals surface area contributed by atoms with E-state index in [4.69, 9.17) is 9.47 Å². The highest BCUT2D eigenvalue weighted by Crippen LogP contribution is 2.29. The fourth-order valence-electron chi connectivity index (χ4n) is 1.44. The lowest BCUT2D eigenvalue weighted by Crippen LogP contribution is -2.33. The van der Waals surface area contributed by atoms with Crippen LogP contribution in [0.25, 0.3) is 0 Å². The summed E-state index contributed by atoms with van der Waals surface area (Å²) in [6.45, 7) is 4.82. The second-order valence-electron chi connectivity index (χ2n) is 4.26. The molecule has 0 aliphatic heterocycles. The van der Waals surface area contributed by atoms with Crippen LogP contribution in [0.1, 0.15) is 33.1 Å². The summed E-state index contributed by atoms with van der Waals surface area (Å²) in [5, 5.41) is 0. The monoisotopic (exact) mass is 298 g/mol. The molecule has 0 radical (unpaired) electrons. The van der Waals surface area contributed by atoms with E-state index in [1.165, 1.54) is 19.3 Å². The summed E-state index contributed by atoms with van der Waals surface area (Å²) in [5.41, 5.74) is -0.140. The molecule has 0 aromatic carbocycles. The van der Waals surface area contributed by atoms with Crippen LogP contribution in [0.3, 0.4) is 0 Å². The lowest BCUT2D eigenvalue weighted by molar-refractivity contribution is -0.0713. The molecule has 0 aromatic rings. The summed E-state index contributed by atoms with van der Waals surface area (Å²) in [5.74, 6) is 0. The van der Waals surface area contributed by atoms with Crippen molar-refractivity contribution in [3.63, 3.8) is 0 Å². The maximum Gasteiger partial charge on any atom is 0.0855 e. The van der Waals surface area contributed by atoms with Crippen molar-refractivity contribution in [2.45, 2.75) is 48.7 Å². The molecule has 1 fully saturated rings. The highest BCUT2D eigenvalue weighted by Gasteiger charge is 2.28. The summed E-state index contributed by atoms with van der Waals surface area (Å²) < 4.78 is 11.8. The van der Waals surface area contributed by atoms with Gasteiger partial charge in [0.1, 0.15) is 0 Å². The van der Waals surface area contributed by atoms with Crippen LogP contribution >= 0.6 is 22.6 Å². The number of rotatable bonds is 4. The molecular formula is C10H19IO2. The van der Waals surface area contributed by atoms with E-state index in [9.17, 15) is 0 Å². The van der Waals surface area contributed by atoms with Crippen LogP contribution < -0.4 is 0 Å². The molecule has 0 bridgehead atoms. The molecule has 0 aromatic heterocycles. The summed E-state index contributed by atoms with van der Waals surface area (Å²) in [4.78, 5) is 0. The molecule has 13 heavy (non-hydrogen) atoms. The topological polar surface area (TPSA) is 18.5 Å². The molecule has 0 N–H and O–H groups in total. The molecular weight excluding hydrogens is 279 g/mol. The Morgan fingerprint density at radius 1 is 1.38 bits per heavy atom. The highest BCUT2D eigenvalue weighted by molar-refractivity contribution is 14.1. The van der Waals surface area contributed by atoms with Gasteiger partial charge in [-0.15, -0.1) is 0 Å². The minimum Gasteiger partial charge on any atom is -0.376 e. The zero-order valence-electron chi connectivity index (χ0n) is 8.68.